The van der Waals surface area contributed by atoms with Gasteiger partial charge in [-0.05, 0) is 41.3 Å². The van der Waals surface area contributed by atoms with E-state index in [1.165, 1.54) is 5.56 Å². The van der Waals surface area contributed by atoms with Crippen LogP contribution in [0.4, 0.5) is 0 Å². The van der Waals surface area contributed by atoms with Gasteiger partial charge in [0, 0.05) is 12.4 Å². The lowest BCUT2D eigenvalue weighted by Crippen LogP contribution is -2.03. The van der Waals surface area contributed by atoms with Crippen LogP contribution in [0.25, 0.3) is 0 Å². The fourth-order valence-electron chi connectivity index (χ4n) is 1.35. The molecule has 0 saturated carbocycles. The number of hydrogen-bond donors (Lipinski definition) is 1. The van der Waals surface area contributed by atoms with Crippen molar-refractivity contribution in [2.45, 2.75) is 18.9 Å². The smallest absolute Gasteiger partial charge is 0.156 e. The lowest BCUT2D eigenvalue weighted by Gasteiger charge is -2.07. The highest BCUT2D eigenvalue weighted by molar-refractivity contribution is 7.07. The molecule has 0 aliphatic carbocycles. The lowest BCUT2D eigenvalue weighted by molar-refractivity contribution is 0.158. The first kappa shape index (κ1) is 10.3. The lowest BCUT2D eigenvalue weighted by atomic mass is 10.1. The van der Waals surface area contributed by atoms with Gasteiger partial charge in [0.15, 0.2) is 5.82 Å². The standard InChI is InChI=1S/C11H12N2OS/c14-10(11-12-5-1-6-13-11)3-2-9-4-7-15-8-9/h1,4-8,10,14H,2-3H2. The molecule has 1 N–H and O–H groups in total. The monoisotopic (exact) mass is 220 g/mol. The summed E-state index contributed by atoms with van der Waals surface area (Å²) in [6.45, 7) is 0. The molecular formula is C11H12N2OS. The number of thiophene rings is 1. The maximum atomic E-state index is 9.80. The molecular weight excluding hydrogens is 208 g/mol. The molecule has 0 bridgehead atoms. The number of aromatic nitrogens is 2. The maximum absolute atomic E-state index is 9.80. The number of hydrogen-bond acceptors (Lipinski definition) is 4. The van der Waals surface area contributed by atoms with E-state index < -0.39 is 6.10 Å². The zero-order valence-electron chi connectivity index (χ0n) is 8.21. The van der Waals surface area contributed by atoms with E-state index in [9.17, 15) is 5.11 Å². The molecule has 0 saturated heterocycles. The third-order valence-corrected chi connectivity index (χ3v) is 2.90. The van der Waals surface area contributed by atoms with E-state index in [0.717, 1.165) is 6.42 Å². The Morgan fingerprint density at radius 2 is 2.13 bits per heavy atom. The first-order chi connectivity index (χ1) is 7.36. The third kappa shape index (κ3) is 2.84. The first-order valence-corrected chi connectivity index (χ1v) is 5.76. The van der Waals surface area contributed by atoms with Crippen molar-refractivity contribution >= 4 is 11.3 Å². The highest BCUT2D eigenvalue weighted by Crippen LogP contribution is 2.16. The summed E-state index contributed by atoms with van der Waals surface area (Å²) in [4.78, 5) is 8.04. The van der Waals surface area contributed by atoms with Crippen molar-refractivity contribution in [2.24, 2.45) is 0 Å². The van der Waals surface area contributed by atoms with Gasteiger partial charge >= 0.3 is 0 Å². The number of rotatable bonds is 4. The highest BCUT2D eigenvalue weighted by atomic mass is 32.1. The van der Waals surface area contributed by atoms with Crippen LogP contribution in [0, 0.1) is 0 Å². The van der Waals surface area contributed by atoms with Crippen molar-refractivity contribution in [1.29, 1.82) is 0 Å². The van der Waals surface area contributed by atoms with Gasteiger partial charge in [0.05, 0.1) is 0 Å². The van der Waals surface area contributed by atoms with Gasteiger partial charge in [-0.2, -0.15) is 11.3 Å². The summed E-state index contributed by atoms with van der Waals surface area (Å²) in [5, 5.41) is 13.9. The maximum Gasteiger partial charge on any atom is 0.156 e. The van der Waals surface area contributed by atoms with Gasteiger partial charge in [-0.3, -0.25) is 0 Å². The van der Waals surface area contributed by atoms with E-state index in [0.29, 0.717) is 12.2 Å². The van der Waals surface area contributed by atoms with Crippen LogP contribution in [0.15, 0.2) is 35.3 Å². The average molecular weight is 220 g/mol. The molecule has 0 aliphatic heterocycles. The van der Waals surface area contributed by atoms with Gasteiger partial charge in [-0.15, -0.1) is 0 Å². The molecule has 2 aromatic rings. The zero-order valence-corrected chi connectivity index (χ0v) is 9.02. The van der Waals surface area contributed by atoms with Crippen LogP contribution in [0.3, 0.4) is 0 Å². The summed E-state index contributed by atoms with van der Waals surface area (Å²) in [5.41, 5.74) is 1.26. The van der Waals surface area contributed by atoms with E-state index in [2.05, 4.69) is 21.4 Å². The van der Waals surface area contributed by atoms with E-state index in [1.807, 2.05) is 5.38 Å². The van der Waals surface area contributed by atoms with Crippen molar-refractivity contribution in [2.75, 3.05) is 0 Å². The molecule has 0 aliphatic rings. The van der Waals surface area contributed by atoms with E-state index >= 15 is 0 Å². The van der Waals surface area contributed by atoms with Crippen LogP contribution in [-0.2, 0) is 6.42 Å². The summed E-state index contributed by atoms with van der Waals surface area (Å²) < 4.78 is 0. The van der Waals surface area contributed by atoms with Gasteiger partial charge < -0.3 is 5.11 Å². The van der Waals surface area contributed by atoms with E-state index in [-0.39, 0.29) is 0 Å². The van der Waals surface area contributed by atoms with Crippen LogP contribution in [0.2, 0.25) is 0 Å². The molecule has 2 aromatic heterocycles. The SMILES string of the molecule is OC(CCc1ccsc1)c1ncccn1. The van der Waals surface area contributed by atoms with Gasteiger partial charge in [0.25, 0.3) is 0 Å². The predicted molar refractivity (Wildman–Crippen MR) is 59.6 cm³/mol. The molecule has 0 radical (unpaired) electrons. The average Bonchev–Trinajstić information content (AvgIpc) is 2.80. The van der Waals surface area contributed by atoms with Gasteiger partial charge in [0.2, 0.25) is 0 Å². The number of nitrogens with zero attached hydrogens (tertiary/aromatic N) is 2. The normalized spacial score (nSPS) is 12.6. The van der Waals surface area contributed by atoms with Gasteiger partial charge in [0.1, 0.15) is 6.10 Å². The Hall–Kier alpha value is -1.26. The Bertz CT molecular complexity index is 388. The highest BCUT2D eigenvalue weighted by Gasteiger charge is 2.09. The van der Waals surface area contributed by atoms with E-state index in [4.69, 9.17) is 0 Å². The summed E-state index contributed by atoms with van der Waals surface area (Å²) >= 11 is 1.67. The van der Waals surface area contributed by atoms with Gasteiger partial charge in [-0.1, -0.05) is 0 Å². The molecule has 2 rings (SSSR count). The molecule has 3 nitrogen and oxygen atoms in total. The Kier molecular flexibility index (Phi) is 3.42. The fourth-order valence-corrected chi connectivity index (χ4v) is 2.05. The van der Waals surface area contributed by atoms with Crippen LogP contribution < -0.4 is 0 Å². The molecule has 0 aromatic carbocycles. The summed E-state index contributed by atoms with van der Waals surface area (Å²) in [6.07, 6.45) is 4.27. The summed E-state index contributed by atoms with van der Waals surface area (Å²) in [6, 6.07) is 3.82. The predicted octanol–water partition coefficient (Wildman–Crippen LogP) is 2.20. The molecule has 15 heavy (non-hydrogen) atoms. The fraction of sp³-hybridized carbons (Fsp3) is 0.273. The van der Waals surface area contributed by atoms with Crippen molar-refractivity contribution in [1.82, 2.24) is 9.97 Å². The first-order valence-electron chi connectivity index (χ1n) is 4.82. The molecule has 1 unspecified atom stereocenters. The Labute approximate surface area is 92.5 Å². The second-order valence-corrected chi connectivity index (χ2v) is 4.07. The minimum absolute atomic E-state index is 0.507. The Morgan fingerprint density at radius 1 is 1.33 bits per heavy atom. The topological polar surface area (TPSA) is 46.0 Å². The zero-order chi connectivity index (χ0) is 10.5. The molecule has 4 heteroatoms. The number of aliphatic hydroxyl groups is 1. The van der Waals surface area contributed by atoms with Crippen molar-refractivity contribution in [3.05, 3.63) is 46.7 Å². The number of aliphatic hydroxyl groups excluding tert-OH is 1. The largest absolute Gasteiger partial charge is 0.385 e. The van der Waals surface area contributed by atoms with Crippen molar-refractivity contribution < 1.29 is 5.11 Å². The van der Waals surface area contributed by atoms with Crippen LogP contribution >= 0.6 is 11.3 Å². The molecule has 0 amide bonds. The molecule has 0 fully saturated rings. The minimum Gasteiger partial charge on any atom is -0.385 e. The Morgan fingerprint density at radius 3 is 2.80 bits per heavy atom. The second-order valence-electron chi connectivity index (χ2n) is 3.29. The molecule has 0 spiro atoms. The second kappa shape index (κ2) is 5.00. The van der Waals surface area contributed by atoms with Crippen LogP contribution in [0.1, 0.15) is 23.9 Å². The van der Waals surface area contributed by atoms with Crippen molar-refractivity contribution in [3.8, 4) is 0 Å². The number of aryl methyl sites for hydroxylation is 1. The molecule has 78 valence electrons. The summed E-state index contributed by atoms with van der Waals surface area (Å²) in [7, 11) is 0. The quantitative estimate of drug-likeness (QED) is 0.859. The van der Waals surface area contributed by atoms with E-state index in [1.54, 1.807) is 29.8 Å². The summed E-state index contributed by atoms with van der Waals surface area (Å²) in [5.74, 6) is 0.507. The molecule has 2 heterocycles. The van der Waals surface area contributed by atoms with Gasteiger partial charge in [-0.25, -0.2) is 9.97 Å². The minimum atomic E-state index is -0.564. The Balaban J connectivity index is 1.90. The van der Waals surface area contributed by atoms with Crippen LogP contribution in [-0.4, -0.2) is 15.1 Å². The molecule has 1 atom stereocenters. The van der Waals surface area contributed by atoms with Crippen LogP contribution in [0.5, 0.6) is 0 Å². The van der Waals surface area contributed by atoms with Crippen molar-refractivity contribution in [3.63, 3.8) is 0 Å². The third-order valence-electron chi connectivity index (χ3n) is 2.17.